The molecule has 1 saturated heterocycles. The second-order valence-electron chi connectivity index (χ2n) is 4.42. The van der Waals surface area contributed by atoms with Crippen LogP contribution in [0.1, 0.15) is 31.4 Å². The molecule has 0 aliphatic carbocycles. The summed E-state index contributed by atoms with van der Waals surface area (Å²) in [7, 11) is 0. The van der Waals surface area contributed by atoms with E-state index in [4.69, 9.17) is 11.6 Å². The summed E-state index contributed by atoms with van der Waals surface area (Å²) in [4.78, 5) is 13.3. The third kappa shape index (κ3) is 2.85. The molecular weight excluding hydrogens is 241 g/mol. The number of ketones is 1. The number of likely N-dealkylation sites (tertiary alicyclic amines) is 1. The van der Waals surface area contributed by atoms with Gasteiger partial charge >= 0.3 is 0 Å². The van der Waals surface area contributed by atoms with E-state index in [2.05, 4.69) is 4.90 Å². The Morgan fingerprint density at radius 3 is 2.65 bits per heavy atom. The molecule has 1 aromatic rings. The SMILES string of the molecule is C[C@H](c1cc(Cl)ccc1F)N1CCC(=O)CC1. The number of hydrogen-bond acceptors (Lipinski definition) is 2. The first-order chi connectivity index (χ1) is 8.08. The fourth-order valence-corrected chi connectivity index (χ4v) is 2.37. The van der Waals surface area contributed by atoms with Gasteiger partial charge in [-0.2, -0.15) is 0 Å². The van der Waals surface area contributed by atoms with E-state index in [1.165, 1.54) is 6.07 Å². The Hall–Kier alpha value is -0.930. The number of benzene rings is 1. The highest BCUT2D eigenvalue weighted by Crippen LogP contribution is 2.27. The maximum Gasteiger partial charge on any atom is 0.135 e. The fourth-order valence-electron chi connectivity index (χ4n) is 2.19. The van der Waals surface area contributed by atoms with Crippen LogP contribution >= 0.6 is 11.6 Å². The summed E-state index contributed by atoms with van der Waals surface area (Å²) in [6, 6.07) is 4.57. The molecule has 0 N–H and O–H groups in total. The molecule has 92 valence electrons. The Balaban J connectivity index is 2.16. The van der Waals surface area contributed by atoms with Crippen LogP contribution in [0.25, 0.3) is 0 Å². The number of carbonyl (C=O) groups is 1. The highest BCUT2D eigenvalue weighted by atomic mass is 35.5. The van der Waals surface area contributed by atoms with Gasteiger partial charge in [-0.3, -0.25) is 9.69 Å². The predicted octanol–water partition coefficient (Wildman–Crippen LogP) is 3.21. The lowest BCUT2D eigenvalue weighted by molar-refractivity contribution is -0.121. The molecular formula is C13H15ClFNO. The summed E-state index contributed by atoms with van der Waals surface area (Å²) in [6.45, 7) is 3.35. The summed E-state index contributed by atoms with van der Waals surface area (Å²) in [5, 5.41) is 0.543. The van der Waals surface area contributed by atoms with Crippen LogP contribution in [0.15, 0.2) is 18.2 Å². The van der Waals surface area contributed by atoms with Gasteiger partial charge in [0.2, 0.25) is 0 Å². The summed E-state index contributed by atoms with van der Waals surface area (Å²) in [6.07, 6.45) is 1.12. The number of nitrogens with zero attached hydrogens (tertiary/aromatic N) is 1. The van der Waals surface area contributed by atoms with E-state index in [9.17, 15) is 9.18 Å². The highest BCUT2D eigenvalue weighted by molar-refractivity contribution is 6.30. The fraction of sp³-hybridized carbons (Fsp3) is 0.462. The Kier molecular flexibility index (Phi) is 3.79. The standard InChI is InChI=1S/C13H15ClFNO/c1-9(16-6-4-11(17)5-7-16)12-8-10(14)2-3-13(12)15/h2-3,8-9H,4-7H2,1H3/t9-/m1/s1. The molecule has 0 unspecified atom stereocenters. The topological polar surface area (TPSA) is 20.3 Å². The van der Waals surface area contributed by atoms with Crippen molar-refractivity contribution in [1.29, 1.82) is 0 Å². The first-order valence-corrected chi connectivity index (χ1v) is 6.16. The number of piperidine rings is 1. The second-order valence-corrected chi connectivity index (χ2v) is 4.85. The summed E-state index contributed by atoms with van der Waals surface area (Å²) < 4.78 is 13.7. The Labute approximate surface area is 105 Å². The third-order valence-corrected chi connectivity index (χ3v) is 3.55. The van der Waals surface area contributed by atoms with Crippen molar-refractivity contribution in [3.63, 3.8) is 0 Å². The van der Waals surface area contributed by atoms with Crippen molar-refractivity contribution in [2.75, 3.05) is 13.1 Å². The van der Waals surface area contributed by atoms with Crippen molar-refractivity contribution in [3.8, 4) is 0 Å². The molecule has 0 amide bonds. The van der Waals surface area contributed by atoms with E-state index in [-0.39, 0.29) is 11.9 Å². The maximum atomic E-state index is 13.7. The van der Waals surface area contributed by atoms with E-state index >= 15 is 0 Å². The molecule has 1 heterocycles. The lowest BCUT2D eigenvalue weighted by Crippen LogP contribution is -2.36. The molecule has 4 heteroatoms. The molecule has 2 rings (SSSR count). The smallest absolute Gasteiger partial charge is 0.135 e. The van der Waals surface area contributed by atoms with Gasteiger partial charge in [0.25, 0.3) is 0 Å². The van der Waals surface area contributed by atoms with E-state index in [1.807, 2.05) is 6.92 Å². The van der Waals surface area contributed by atoms with Gasteiger partial charge in [0.1, 0.15) is 11.6 Å². The molecule has 17 heavy (non-hydrogen) atoms. The second kappa shape index (κ2) is 5.15. The van der Waals surface area contributed by atoms with Gasteiger partial charge < -0.3 is 0 Å². The van der Waals surface area contributed by atoms with Gasteiger partial charge in [-0.05, 0) is 25.1 Å². The van der Waals surface area contributed by atoms with Gasteiger partial charge in [-0.15, -0.1) is 0 Å². The number of rotatable bonds is 2. The number of halogens is 2. The molecule has 0 aromatic heterocycles. The molecule has 0 spiro atoms. The highest BCUT2D eigenvalue weighted by Gasteiger charge is 2.23. The number of carbonyl (C=O) groups excluding carboxylic acids is 1. The van der Waals surface area contributed by atoms with Crippen LogP contribution in [0.4, 0.5) is 4.39 Å². The van der Waals surface area contributed by atoms with Gasteiger partial charge in [0, 0.05) is 42.6 Å². The number of hydrogen-bond donors (Lipinski definition) is 0. The Morgan fingerprint density at radius 1 is 1.35 bits per heavy atom. The van der Waals surface area contributed by atoms with E-state index in [1.54, 1.807) is 12.1 Å². The van der Waals surface area contributed by atoms with E-state index in [0.717, 1.165) is 0 Å². The van der Waals surface area contributed by atoms with Gasteiger partial charge in [0.15, 0.2) is 0 Å². The van der Waals surface area contributed by atoms with Gasteiger partial charge in [-0.1, -0.05) is 11.6 Å². The van der Waals surface area contributed by atoms with Crippen LogP contribution in [-0.2, 0) is 4.79 Å². The zero-order valence-electron chi connectivity index (χ0n) is 9.75. The van der Waals surface area contributed by atoms with Crippen molar-refractivity contribution >= 4 is 17.4 Å². The summed E-state index contributed by atoms with van der Waals surface area (Å²) in [5.41, 5.74) is 0.604. The minimum atomic E-state index is -0.237. The molecule has 1 aliphatic rings. The average molecular weight is 256 g/mol. The zero-order valence-corrected chi connectivity index (χ0v) is 10.5. The normalized spacial score (nSPS) is 19.4. The molecule has 2 nitrogen and oxygen atoms in total. The van der Waals surface area contributed by atoms with Crippen molar-refractivity contribution in [2.24, 2.45) is 0 Å². The lowest BCUT2D eigenvalue weighted by atomic mass is 10.0. The minimum absolute atomic E-state index is 0.0400. The largest absolute Gasteiger partial charge is 0.300 e. The minimum Gasteiger partial charge on any atom is -0.300 e. The van der Waals surface area contributed by atoms with Gasteiger partial charge in [0.05, 0.1) is 0 Å². The Morgan fingerprint density at radius 2 is 2.00 bits per heavy atom. The van der Waals surface area contributed by atoms with Crippen molar-refractivity contribution < 1.29 is 9.18 Å². The molecule has 1 aliphatic heterocycles. The van der Waals surface area contributed by atoms with Crippen LogP contribution in [0, 0.1) is 5.82 Å². The molecule has 0 radical (unpaired) electrons. The predicted molar refractivity (Wildman–Crippen MR) is 65.6 cm³/mol. The van der Waals surface area contributed by atoms with Crippen LogP contribution in [-0.4, -0.2) is 23.8 Å². The zero-order chi connectivity index (χ0) is 12.4. The van der Waals surface area contributed by atoms with Crippen LogP contribution < -0.4 is 0 Å². The van der Waals surface area contributed by atoms with E-state index < -0.39 is 0 Å². The first kappa shape index (κ1) is 12.5. The monoisotopic (exact) mass is 255 g/mol. The molecule has 1 aromatic carbocycles. The van der Waals surface area contributed by atoms with Crippen LogP contribution in [0.3, 0.4) is 0 Å². The van der Waals surface area contributed by atoms with Gasteiger partial charge in [-0.25, -0.2) is 4.39 Å². The maximum absolute atomic E-state index is 13.7. The number of Topliss-reactive ketones (excluding diaryl/α,β-unsaturated/α-hetero) is 1. The molecule has 0 saturated carbocycles. The van der Waals surface area contributed by atoms with E-state index in [0.29, 0.717) is 42.3 Å². The first-order valence-electron chi connectivity index (χ1n) is 5.78. The molecule has 1 fully saturated rings. The van der Waals surface area contributed by atoms with Crippen molar-refractivity contribution in [1.82, 2.24) is 4.90 Å². The summed E-state index contributed by atoms with van der Waals surface area (Å²) >= 11 is 5.88. The van der Waals surface area contributed by atoms with Crippen LogP contribution in [0.2, 0.25) is 5.02 Å². The van der Waals surface area contributed by atoms with Crippen molar-refractivity contribution in [3.05, 3.63) is 34.6 Å². The molecule has 0 bridgehead atoms. The molecule has 1 atom stereocenters. The van der Waals surface area contributed by atoms with Crippen LogP contribution in [0.5, 0.6) is 0 Å². The Bertz CT molecular complexity index is 425. The lowest BCUT2D eigenvalue weighted by Gasteiger charge is -2.32. The van der Waals surface area contributed by atoms with Crippen molar-refractivity contribution in [2.45, 2.75) is 25.8 Å². The quantitative estimate of drug-likeness (QED) is 0.809. The average Bonchev–Trinajstić information content (AvgIpc) is 2.32. The third-order valence-electron chi connectivity index (χ3n) is 3.31. The summed E-state index contributed by atoms with van der Waals surface area (Å²) in [5.74, 6) is 0.0545.